The number of aliphatic hydroxyl groups is 1. The molecule has 1 rings (SSSR count). The lowest BCUT2D eigenvalue weighted by Gasteiger charge is -2.19. The third-order valence-electron chi connectivity index (χ3n) is 2.16. The normalized spacial score (nSPS) is 14.0. The van der Waals surface area contributed by atoms with Gasteiger partial charge in [-0.05, 0) is 22.4 Å². The lowest BCUT2D eigenvalue weighted by atomic mass is 10.2. The van der Waals surface area contributed by atoms with Crippen LogP contribution in [0.2, 0.25) is 0 Å². The van der Waals surface area contributed by atoms with Crippen LogP contribution < -0.4 is 5.32 Å². The van der Waals surface area contributed by atoms with E-state index in [9.17, 15) is 5.11 Å². The van der Waals surface area contributed by atoms with E-state index in [0.29, 0.717) is 4.75 Å². The number of aliphatic hydroxyl groups excluding tert-OH is 1. The average molecular weight is 259 g/mol. The molecule has 0 bridgehead atoms. The molecule has 2 N–H and O–H groups in total. The summed E-state index contributed by atoms with van der Waals surface area (Å²) < 4.78 is 0.318. The van der Waals surface area contributed by atoms with E-state index in [-0.39, 0.29) is 12.6 Å². The molecule has 16 heavy (non-hydrogen) atoms. The fourth-order valence-corrected chi connectivity index (χ4v) is 2.90. The van der Waals surface area contributed by atoms with Crippen LogP contribution in [0.3, 0.4) is 0 Å². The zero-order valence-electron chi connectivity index (χ0n) is 10.2. The topological polar surface area (TPSA) is 32.3 Å². The Morgan fingerprint density at radius 3 is 2.75 bits per heavy atom. The lowest BCUT2D eigenvalue weighted by molar-refractivity contribution is 0.247. The standard InChI is InChI=1S/C12H21NOS2/c1-12(2,3)16-7-5-13-11(8-14)10-4-6-15-9-10/h4,6,9,11,13-14H,5,7-8H2,1-3H3. The maximum atomic E-state index is 9.29. The Morgan fingerprint density at radius 1 is 1.50 bits per heavy atom. The molecule has 0 spiro atoms. The number of hydrogen-bond acceptors (Lipinski definition) is 4. The quantitative estimate of drug-likeness (QED) is 0.771. The van der Waals surface area contributed by atoms with Gasteiger partial charge in [-0.15, -0.1) is 0 Å². The Labute approximate surface area is 106 Å². The van der Waals surface area contributed by atoms with Gasteiger partial charge >= 0.3 is 0 Å². The maximum absolute atomic E-state index is 9.29. The van der Waals surface area contributed by atoms with E-state index in [1.807, 2.05) is 17.1 Å². The highest BCUT2D eigenvalue weighted by Crippen LogP contribution is 2.22. The van der Waals surface area contributed by atoms with Gasteiger partial charge in [0.05, 0.1) is 12.6 Å². The van der Waals surface area contributed by atoms with Gasteiger partial charge in [0.25, 0.3) is 0 Å². The van der Waals surface area contributed by atoms with Crippen molar-refractivity contribution in [3.63, 3.8) is 0 Å². The molecule has 0 amide bonds. The van der Waals surface area contributed by atoms with Crippen molar-refractivity contribution in [3.8, 4) is 0 Å². The minimum absolute atomic E-state index is 0.0896. The first kappa shape index (κ1) is 14.0. The molecule has 1 heterocycles. The molecule has 1 aromatic rings. The maximum Gasteiger partial charge on any atom is 0.0626 e. The molecule has 0 saturated carbocycles. The molecular formula is C12H21NOS2. The summed E-state index contributed by atoms with van der Waals surface area (Å²) in [7, 11) is 0. The summed E-state index contributed by atoms with van der Waals surface area (Å²) in [5, 5.41) is 16.8. The summed E-state index contributed by atoms with van der Waals surface area (Å²) in [5.41, 5.74) is 1.19. The molecule has 2 nitrogen and oxygen atoms in total. The molecule has 4 heteroatoms. The number of nitrogens with one attached hydrogen (secondary N) is 1. The van der Waals surface area contributed by atoms with E-state index < -0.39 is 0 Å². The Hall–Kier alpha value is -0.0300. The predicted octanol–water partition coefficient (Wildman–Crippen LogP) is 2.90. The Bertz CT molecular complexity index is 280. The Balaban J connectivity index is 2.25. The Morgan fingerprint density at radius 2 is 2.25 bits per heavy atom. The minimum atomic E-state index is 0.0896. The van der Waals surface area contributed by atoms with Gasteiger partial charge in [-0.25, -0.2) is 0 Å². The van der Waals surface area contributed by atoms with Gasteiger partial charge in [0.2, 0.25) is 0 Å². The number of thioether (sulfide) groups is 1. The van der Waals surface area contributed by atoms with Crippen LogP contribution in [-0.4, -0.2) is 28.8 Å². The van der Waals surface area contributed by atoms with Crippen LogP contribution in [-0.2, 0) is 0 Å². The number of rotatable bonds is 6. The molecule has 0 radical (unpaired) electrons. The number of thiophene rings is 1. The van der Waals surface area contributed by atoms with Crippen LogP contribution in [0.5, 0.6) is 0 Å². The second kappa shape index (κ2) is 6.64. The molecule has 1 atom stereocenters. The van der Waals surface area contributed by atoms with E-state index in [0.717, 1.165) is 12.3 Å². The van der Waals surface area contributed by atoms with Gasteiger partial charge in [-0.1, -0.05) is 20.8 Å². The molecule has 1 aromatic heterocycles. The average Bonchev–Trinajstić information content (AvgIpc) is 2.69. The van der Waals surface area contributed by atoms with E-state index in [4.69, 9.17) is 0 Å². The first-order chi connectivity index (χ1) is 7.53. The van der Waals surface area contributed by atoms with Crippen LogP contribution in [0.4, 0.5) is 0 Å². The van der Waals surface area contributed by atoms with Crippen molar-refractivity contribution in [2.24, 2.45) is 0 Å². The second-order valence-corrected chi connectivity index (χ2v) is 7.41. The highest BCUT2D eigenvalue weighted by molar-refractivity contribution is 8.00. The van der Waals surface area contributed by atoms with Crippen LogP contribution in [0.25, 0.3) is 0 Å². The van der Waals surface area contributed by atoms with Crippen molar-refractivity contribution < 1.29 is 5.11 Å². The van der Waals surface area contributed by atoms with Gasteiger partial charge in [-0.3, -0.25) is 0 Å². The zero-order valence-corrected chi connectivity index (χ0v) is 11.8. The molecular weight excluding hydrogens is 238 g/mol. The van der Waals surface area contributed by atoms with Crippen LogP contribution in [0.15, 0.2) is 16.8 Å². The zero-order chi connectivity index (χ0) is 12.0. The van der Waals surface area contributed by atoms with Crippen molar-refractivity contribution in [2.75, 3.05) is 18.9 Å². The van der Waals surface area contributed by atoms with Gasteiger partial charge < -0.3 is 10.4 Å². The third-order valence-corrected chi connectivity index (χ3v) is 4.13. The summed E-state index contributed by atoms with van der Waals surface area (Å²) in [6, 6.07) is 2.15. The van der Waals surface area contributed by atoms with Gasteiger partial charge in [-0.2, -0.15) is 23.1 Å². The van der Waals surface area contributed by atoms with Crippen molar-refractivity contribution >= 4 is 23.1 Å². The molecule has 0 saturated heterocycles. The fraction of sp³-hybridized carbons (Fsp3) is 0.667. The van der Waals surface area contributed by atoms with Crippen molar-refractivity contribution in [1.29, 1.82) is 0 Å². The molecule has 0 fully saturated rings. The van der Waals surface area contributed by atoms with Gasteiger partial charge in [0.15, 0.2) is 0 Å². The summed E-state index contributed by atoms with van der Waals surface area (Å²) in [6.07, 6.45) is 0. The Kier molecular flexibility index (Phi) is 5.83. The van der Waals surface area contributed by atoms with Gasteiger partial charge in [0.1, 0.15) is 0 Å². The monoisotopic (exact) mass is 259 g/mol. The van der Waals surface area contributed by atoms with E-state index >= 15 is 0 Å². The lowest BCUT2D eigenvalue weighted by Crippen LogP contribution is -2.27. The van der Waals surface area contributed by atoms with Crippen molar-refractivity contribution in [3.05, 3.63) is 22.4 Å². The van der Waals surface area contributed by atoms with Crippen LogP contribution in [0.1, 0.15) is 32.4 Å². The van der Waals surface area contributed by atoms with E-state index in [1.54, 1.807) is 11.3 Å². The molecule has 0 aliphatic heterocycles. The summed E-state index contributed by atoms with van der Waals surface area (Å²) in [4.78, 5) is 0. The predicted molar refractivity (Wildman–Crippen MR) is 74.4 cm³/mol. The molecule has 1 unspecified atom stereocenters. The van der Waals surface area contributed by atoms with Crippen LogP contribution >= 0.6 is 23.1 Å². The first-order valence-corrected chi connectivity index (χ1v) is 7.46. The van der Waals surface area contributed by atoms with Crippen molar-refractivity contribution in [2.45, 2.75) is 31.6 Å². The highest BCUT2D eigenvalue weighted by atomic mass is 32.2. The summed E-state index contributed by atoms with van der Waals surface area (Å²) in [5.74, 6) is 1.07. The third kappa shape index (κ3) is 5.34. The smallest absolute Gasteiger partial charge is 0.0626 e. The second-order valence-electron chi connectivity index (χ2n) is 4.71. The molecule has 0 aromatic carbocycles. The summed E-state index contributed by atoms with van der Waals surface area (Å²) >= 11 is 3.61. The van der Waals surface area contributed by atoms with E-state index in [1.165, 1.54) is 5.56 Å². The molecule has 92 valence electrons. The van der Waals surface area contributed by atoms with Crippen molar-refractivity contribution in [1.82, 2.24) is 5.32 Å². The molecule has 0 aliphatic rings. The minimum Gasteiger partial charge on any atom is -0.394 e. The highest BCUT2D eigenvalue weighted by Gasteiger charge is 2.12. The fourth-order valence-electron chi connectivity index (χ4n) is 1.35. The van der Waals surface area contributed by atoms with E-state index in [2.05, 4.69) is 37.5 Å². The molecule has 0 aliphatic carbocycles. The largest absolute Gasteiger partial charge is 0.394 e. The number of hydrogen-bond donors (Lipinski definition) is 2. The van der Waals surface area contributed by atoms with Crippen LogP contribution in [0, 0.1) is 0 Å². The van der Waals surface area contributed by atoms with Gasteiger partial charge in [0, 0.05) is 17.0 Å². The summed E-state index contributed by atoms with van der Waals surface area (Å²) in [6.45, 7) is 7.76. The SMILES string of the molecule is CC(C)(C)SCCNC(CO)c1ccsc1. The first-order valence-electron chi connectivity index (χ1n) is 5.53.